The molecule has 3 rings (SSSR count). The van der Waals surface area contributed by atoms with Gasteiger partial charge in [-0.15, -0.1) is 0 Å². The van der Waals surface area contributed by atoms with Crippen molar-refractivity contribution in [1.29, 1.82) is 0 Å². The fourth-order valence-electron chi connectivity index (χ4n) is 2.79. The van der Waals surface area contributed by atoms with Gasteiger partial charge in [0.25, 0.3) is 0 Å². The Morgan fingerprint density at radius 2 is 1.71 bits per heavy atom. The summed E-state index contributed by atoms with van der Waals surface area (Å²) in [4.78, 5) is 4.04. The van der Waals surface area contributed by atoms with Gasteiger partial charge < -0.3 is 5.11 Å². The Morgan fingerprint density at radius 1 is 0.917 bits per heavy atom. The van der Waals surface area contributed by atoms with E-state index in [2.05, 4.69) is 42.3 Å². The van der Waals surface area contributed by atoms with E-state index in [0.717, 1.165) is 35.1 Å². The Balaban J connectivity index is 2.01. The molecule has 2 aromatic carbocycles. The van der Waals surface area contributed by atoms with Gasteiger partial charge in [-0.05, 0) is 52.9 Å². The van der Waals surface area contributed by atoms with Crippen LogP contribution in [0.5, 0.6) is 5.75 Å². The first kappa shape index (κ1) is 16.0. The van der Waals surface area contributed by atoms with Crippen LogP contribution in [0, 0.1) is 0 Å². The molecule has 0 aliphatic heterocycles. The number of aromatic nitrogens is 1. The largest absolute Gasteiger partial charge is 0.507 e. The highest BCUT2D eigenvalue weighted by Crippen LogP contribution is 2.33. The predicted octanol–water partition coefficient (Wildman–Crippen LogP) is 5.58. The second-order valence-electron chi connectivity index (χ2n) is 5.80. The highest BCUT2D eigenvalue weighted by molar-refractivity contribution is 5.83. The molecule has 3 aromatic rings. The summed E-state index contributed by atoms with van der Waals surface area (Å²) >= 11 is 0. The minimum Gasteiger partial charge on any atom is -0.507 e. The number of pyridine rings is 1. The van der Waals surface area contributed by atoms with E-state index in [1.54, 1.807) is 18.5 Å². The molecule has 2 heteroatoms. The maximum atomic E-state index is 10.3. The van der Waals surface area contributed by atoms with Gasteiger partial charge in [0, 0.05) is 18.0 Å². The summed E-state index contributed by atoms with van der Waals surface area (Å²) in [6, 6.07) is 18.0. The molecule has 0 aliphatic rings. The molecule has 24 heavy (non-hydrogen) atoms. The average molecular weight is 315 g/mol. The molecule has 120 valence electrons. The van der Waals surface area contributed by atoms with Crippen LogP contribution in [-0.4, -0.2) is 10.1 Å². The van der Waals surface area contributed by atoms with Crippen molar-refractivity contribution in [3.05, 3.63) is 83.7 Å². The standard InChI is InChI=1S/C22H21NO/c1-2-5-18-9-11-22(24)21(16-18)20-7-4-3-6-19(20)10-8-17-12-14-23-15-13-17/h3-4,6-16,24H,2,5H2,1H3/b10-8+. The van der Waals surface area contributed by atoms with Gasteiger partial charge in [0.2, 0.25) is 0 Å². The number of aromatic hydroxyl groups is 1. The highest BCUT2D eigenvalue weighted by atomic mass is 16.3. The van der Waals surface area contributed by atoms with Gasteiger partial charge in [-0.25, -0.2) is 0 Å². The van der Waals surface area contributed by atoms with Crippen LogP contribution in [0.4, 0.5) is 0 Å². The maximum Gasteiger partial charge on any atom is 0.123 e. The van der Waals surface area contributed by atoms with Crippen molar-refractivity contribution in [2.75, 3.05) is 0 Å². The molecule has 0 saturated heterocycles. The summed E-state index contributed by atoms with van der Waals surface area (Å²) in [5.41, 5.74) is 5.36. The van der Waals surface area contributed by atoms with E-state index in [4.69, 9.17) is 0 Å². The molecule has 1 aromatic heterocycles. The Labute approximate surface area is 143 Å². The molecule has 1 heterocycles. The zero-order valence-corrected chi connectivity index (χ0v) is 13.8. The van der Waals surface area contributed by atoms with E-state index in [9.17, 15) is 5.11 Å². The molecule has 0 saturated carbocycles. The van der Waals surface area contributed by atoms with Gasteiger partial charge in [0.1, 0.15) is 5.75 Å². The lowest BCUT2D eigenvalue weighted by Crippen LogP contribution is -1.88. The first-order valence-electron chi connectivity index (χ1n) is 8.27. The fraction of sp³-hybridized carbons (Fsp3) is 0.136. The quantitative estimate of drug-likeness (QED) is 0.667. The van der Waals surface area contributed by atoms with Crippen LogP contribution in [-0.2, 0) is 6.42 Å². The number of phenols is 1. The third-order valence-electron chi connectivity index (χ3n) is 4.01. The van der Waals surface area contributed by atoms with Crippen molar-refractivity contribution in [3.8, 4) is 16.9 Å². The number of benzene rings is 2. The number of rotatable bonds is 5. The van der Waals surface area contributed by atoms with Crippen molar-refractivity contribution in [2.45, 2.75) is 19.8 Å². The summed E-state index contributed by atoms with van der Waals surface area (Å²) < 4.78 is 0. The minimum absolute atomic E-state index is 0.319. The molecule has 0 amide bonds. The molecule has 1 N–H and O–H groups in total. The topological polar surface area (TPSA) is 33.1 Å². The van der Waals surface area contributed by atoms with Crippen LogP contribution >= 0.6 is 0 Å². The first-order valence-corrected chi connectivity index (χ1v) is 8.27. The summed E-state index contributed by atoms with van der Waals surface area (Å²) in [6.07, 6.45) is 9.82. The third kappa shape index (κ3) is 3.72. The van der Waals surface area contributed by atoms with Crippen molar-refractivity contribution in [1.82, 2.24) is 4.98 Å². The fourth-order valence-corrected chi connectivity index (χ4v) is 2.79. The molecule has 0 spiro atoms. The minimum atomic E-state index is 0.319. The van der Waals surface area contributed by atoms with Gasteiger partial charge in [-0.3, -0.25) is 4.98 Å². The predicted molar refractivity (Wildman–Crippen MR) is 101 cm³/mol. The Morgan fingerprint density at radius 3 is 2.50 bits per heavy atom. The average Bonchev–Trinajstić information content (AvgIpc) is 2.63. The van der Waals surface area contributed by atoms with Crippen molar-refractivity contribution < 1.29 is 5.11 Å². The van der Waals surface area contributed by atoms with Crippen LogP contribution in [0.2, 0.25) is 0 Å². The number of phenolic OH excluding ortho intramolecular Hbond substituents is 1. The van der Waals surface area contributed by atoms with Crippen molar-refractivity contribution in [2.24, 2.45) is 0 Å². The van der Waals surface area contributed by atoms with E-state index in [-0.39, 0.29) is 0 Å². The van der Waals surface area contributed by atoms with E-state index in [1.807, 2.05) is 30.3 Å². The van der Waals surface area contributed by atoms with Crippen LogP contribution in [0.1, 0.15) is 30.0 Å². The van der Waals surface area contributed by atoms with Gasteiger partial charge in [0.05, 0.1) is 0 Å². The lowest BCUT2D eigenvalue weighted by molar-refractivity contribution is 0.477. The third-order valence-corrected chi connectivity index (χ3v) is 4.01. The highest BCUT2D eigenvalue weighted by Gasteiger charge is 2.08. The molecular weight excluding hydrogens is 294 g/mol. The Bertz CT molecular complexity index is 838. The number of aryl methyl sites for hydroxylation is 1. The Hall–Kier alpha value is -2.87. The molecule has 0 aliphatic carbocycles. The van der Waals surface area contributed by atoms with Gasteiger partial charge in [-0.2, -0.15) is 0 Å². The smallest absolute Gasteiger partial charge is 0.123 e. The number of hydrogen-bond donors (Lipinski definition) is 1. The molecule has 0 radical (unpaired) electrons. The van der Waals surface area contributed by atoms with Crippen LogP contribution in [0.25, 0.3) is 23.3 Å². The molecule has 0 fully saturated rings. The molecule has 0 unspecified atom stereocenters. The zero-order chi connectivity index (χ0) is 16.8. The van der Waals surface area contributed by atoms with E-state index >= 15 is 0 Å². The molecular formula is C22H21NO. The van der Waals surface area contributed by atoms with Crippen molar-refractivity contribution >= 4 is 12.2 Å². The van der Waals surface area contributed by atoms with Crippen LogP contribution in [0.15, 0.2) is 67.0 Å². The van der Waals surface area contributed by atoms with Crippen LogP contribution in [0.3, 0.4) is 0 Å². The van der Waals surface area contributed by atoms with E-state index in [1.165, 1.54) is 5.56 Å². The summed E-state index contributed by atoms with van der Waals surface area (Å²) in [7, 11) is 0. The molecule has 2 nitrogen and oxygen atoms in total. The van der Waals surface area contributed by atoms with E-state index in [0.29, 0.717) is 5.75 Å². The van der Waals surface area contributed by atoms with Crippen LogP contribution < -0.4 is 0 Å². The zero-order valence-electron chi connectivity index (χ0n) is 13.8. The molecule has 0 atom stereocenters. The Kier molecular flexibility index (Phi) is 5.07. The van der Waals surface area contributed by atoms with Crippen molar-refractivity contribution in [3.63, 3.8) is 0 Å². The second kappa shape index (κ2) is 7.60. The monoisotopic (exact) mass is 315 g/mol. The van der Waals surface area contributed by atoms with E-state index < -0.39 is 0 Å². The second-order valence-corrected chi connectivity index (χ2v) is 5.80. The van der Waals surface area contributed by atoms with Gasteiger partial charge in [0.15, 0.2) is 0 Å². The SMILES string of the molecule is CCCc1ccc(O)c(-c2ccccc2/C=C/c2ccncc2)c1. The first-order chi connectivity index (χ1) is 11.8. The normalized spacial score (nSPS) is 11.0. The number of hydrogen-bond acceptors (Lipinski definition) is 2. The van der Waals surface area contributed by atoms with Gasteiger partial charge >= 0.3 is 0 Å². The molecule has 0 bridgehead atoms. The lowest BCUT2D eigenvalue weighted by atomic mass is 9.95. The summed E-state index contributed by atoms with van der Waals surface area (Å²) in [5, 5.41) is 10.3. The van der Waals surface area contributed by atoms with Gasteiger partial charge in [-0.1, -0.05) is 55.8 Å². The number of nitrogens with zero attached hydrogens (tertiary/aromatic N) is 1. The summed E-state index contributed by atoms with van der Waals surface area (Å²) in [5.74, 6) is 0.319. The maximum absolute atomic E-state index is 10.3. The summed E-state index contributed by atoms with van der Waals surface area (Å²) in [6.45, 7) is 2.16. The lowest BCUT2D eigenvalue weighted by Gasteiger charge is -2.11.